The molecule has 1 aromatic carbocycles. The van der Waals surface area contributed by atoms with E-state index < -0.39 is 12.1 Å². The molecular formula is C19H25NO5. The van der Waals surface area contributed by atoms with Crippen LogP contribution in [0.2, 0.25) is 0 Å². The first kappa shape index (κ1) is 17.6. The van der Waals surface area contributed by atoms with Gasteiger partial charge in [-0.05, 0) is 30.4 Å². The van der Waals surface area contributed by atoms with E-state index in [-0.39, 0.29) is 25.2 Å². The summed E-state index contributed by atoms with van der Waals surface area (Å²) in [6, 6.07) is 7.29. The Morgan fingerprint density at radius 2 is 1.96 bits per heavy atom. The van der Waals surface area contributed by atoms with E-state index in [1.807, 2.05) is 6.07 Å². The number of benzene rings is 1. The molecule has 4 atom stereocenters. The number of carbonyl (C=O) groups excluding carboxylic acids is 2. The zero-order chi connectivity index (χ0) is 17.8. The van der Waals surface area contributed by atoms with Gasteiger partial charge in [-0.2, -0.15) is 0 Å². The summed E-state index contributed by atoms with van der Waals surface area (Å²) in [4.78, 5) is 24.2. The van der Waals surface area contributed by atoms with Crippen LogP contribution in [0, 0.1) is 11.8 Å². The normalized spacial score (nSPS) is 28.1. The van der Waals surface area contributed by atoms with Crippen molar-refractivity contribution in [2.45, 2.75) is 45.3 Å². The van der Waals surface area contributed by atoms with Crippen LogP contribution in [0.5, 0.6) is 11.5 Å². The number of carbonyl (C=O) groups is 2. The zero-order valence-electron chi connectivity index (χ0n) is 14.7. The molecule has 6 nitrogen and oxygen atoms in total. The number of amides is 1. The molecule has 0 bridgehead atoms. The molecule has 0 radical (unpaired) electrons. The lowest BCUT2D eigenvalue weighted by Crippen LogP contribution is -2.46. The predicted octanol–water partition coefficient (Wildman–Crippen LogP) is 2.31. The maximum absolute atomic E-state index is 12.1. The van der Waals surface area contributed by atoms with Crippen molar-refractivity contribution in [1.29, 1.82) is 0 Å². The Balaban J connectivity index is 1.45. The molecule has 1 heterocycles. The number of hydrogen-bond donors (Lipinski definition) is 1. The summed E-state index contributed by atoms with van der Waals surface area (Å²) >= 11 is 0. The first-order valence-corrected chi connectivity index (χ1v) is 8.89. The summed E-state index contributed by atoms with van der Waals surface area (Å²) in [5.41, 5.74) is 0. The van der Waals surface area contributed by atoms with Gasteiger partial charge in [0.25, 0.3) is 5.91 Å². The topological polar surface area (TPSA) is 73.9 Å². The van der Waals surface area contributed by atoms with Crippen molar-refractivity contribution in [3.63, 3.8) is 0 Å². The minimum Gasteiger partial charge on any atom is -0.485 e. The van der Waals surface area contributed by atoms with Crippen molar-refractivity contribution >= 4 is 11.9 Å². The van der Waals surface area contributed by atoms with E-state index in [9.17, 15) is 9.59 Å². The fraction of sp³-hybridized carbons (Fsp3) is 0.579. The van der Waals surface area contributed by atoms with Crippen LogP contribution >= 0.6 is 0 Å². The number of para-hydroxylation sites is 2. The fourth-order valence-corrected chi connectivity index (χ4v) is 3.40. The van der Waals surface area contributed by atoms with Crippen molar-refractivity contribution in [3.05, 3.63) is 24.3 Å². The van der Waals surface area contributed by atoms with Crippen LogP contribution in [0.3, 0.4) is 0 Å². The zero-order valence-corrected chi connectivity index (χ0v) is 14.7. The van der Waals surface area contributed by atoms with Crippen LogP contribution in [0.4, 0.5) is 0 Å². The van der Waals surface area contributed by atoms with Gasteiger partial charge in [-0.25, -0.2) is 4.79 Å². The molecule has 2 aliphatic rings. The molecule has 1 fully saturated rings. The van der Waals surface area contributed by atoms with Crippen LogP contribution in [-0.4, -0.2) is 37.2 Å². The van der Waals surface area contributed by atoms with E-state index in [0.717, 1.165) is 12.8 Å². The third kappa shape index (κ3) is 4.24. The summed E-state index contributed by atoms with van der Waals surface area (Å²) in [7, 11) is 0. The Kier molecular flexibility index (Phi) is 5.46. The molecule has 0 aromatic heterocycles. The van der Waals surface area contributed by atoms with Gasteiger partial charge in [0.2, 0.25) is 6.10 Å². The van der Waals surface area contributed by atoms with Gasteiger partial charge in [0, 0.05) is 6.04 Å². The molecule has 3 rings (SSSR count). The monoisotopic (exact) mass is 347 g/mol. The fourth-order valence-electron chi connectivity index (χ4n) is 3.40. The molecule has 1 aliphatic heterocycles. The standard InChI is InChI=1S/C19H25NO5/c1-12-6-5-7-14(13(12)2)20-18(21)11-24-19(22)17-10-23-15-8-3-4-9-16(15)25-17/h3-4,8-9,12-14,17H,5-7,10-11H2,1-2H3,(H,20,21)/t12-,13+,14+,17-/m0/s1. The second-order valence-electron chi connectivity index (χ2n) is 6.91. The average molecular weight is 347 g/mol. The Hall–Kier alpha value is -2.24. The van der Waals surface area contributed by atoms with Gasteiger partial charge in [0.15, 0.2) is 18.1 Å². The molecule has 1 N–H and O–H groups in total. The molecule has 0 unspecified atom stereocenters. The van der Waals surface area contributed by atoms with Gasteiger partial charge in [-0.3, -0.25) is 4.79 Å². The third-order valence-electron chi connectivity index (χ3n) is 5.17. The highest BCUT2D eigenvalue weighted by atomic mass is 16.6. The van der Waals surface area contributed by atoms with E-state index in [4.69, 9.17) is 14.2 Å². The number of hydrogen-bond acceptors (Lipinski definition) is 5. The second-order valence-corrected chi connectivity index (χ2v) is 6.91. The molecule has 25 heavy (non-hydrogen) atoms. The van der Waals surface area contributed by atoms with E-state index in [2.05, 4.69) is 19.2 Å². The van der Waals surface area contributed by atoms with Crippen molar-refractivity contribution in [2.75, 3.05) is 13.2 Å². The minimum absolute atomic E-state index is 0.0780. The maximum atomic E-state index is 12.1. The van der Waals surface area contributed by atoms with Gasteiger partial charge in [-0.1, -0.05) is 38.8 Å². The number of fused-ring (bicyclic) bond motifs is 1. The molecule has 136 valence electrons. The Morgan fingerprint density at radius 1 is 1.20 bits per heavy atom. The van der Waals surface area contributed by atoms with Crippen LogP contribution in [-0.2, 0) is 14.3 Å². The summed E-state index contributed by atoms with van der Waals surface area (Å²) < 4.78 is 16.2. The molecule has 1 saturated carbocycles. The Morgan fingerprint density at radius 3 is 2.76 bits per heavy atom. The SMILES string of the molecule is C[C@@H]1[C@@H](C)CCC[C@H]1NC(=O)COC(=O)[C@@H]1COc2ccccc2O1. The van der Waals surface area contributed by atoms with Crippen molar-refractivity contribution < 1.29 is 23.8 Å². The molecular weight excluding hydrogens is 322 g/mol. The highest BCUT2D eigenvalue weighted by Gasteiger charge is 2.31. The van der Waals surface area contributed by atoms with E-state index in [1.54, 1.807) is 18.2 Å². The lowest BCUT2D eigenvalue weighted by Gasteiger charge is -2.34. The first-order chi connectivity index (χ1) is 12.0. The maximum Gasteiger partial charge on any atom is 0.351 e. The number of esters is 1. The molecule has 1 amide bonds. The van der Waals surface area contributed by atoms with Gasteiger partial charge < -0.3 is 19.5 Å². The quantitative estimate of drug-likeness (QED) is 0.846. The third-order valence-corrected chi connectivity index (χ3v) is 5.17. The lowest BCUT2D eigenvalue weighted by molar-refractivity contribution is -0.158. The van der Waals surface area contributed by atoms with Gasteiger partial charge in [-0.15, -0.1) is 0 Å². The number of rotatable bonds is 4. The summed E-state index contributed by atoms with van der Waals surface area (Å²) in [5, 5.41) is 2.98. The number of ether oxygens (including phenoxy) is 3. The predicted molar refractivity (Wildman–Crippen MR) is 91.4 cm³/mol. The molecule has 0 spiro atoms. The average Bonchev–Trinajstić information content (AvgIpc) is 2.63. The smallest absolute Gasteiger partial charge is 0.351 e. The Labute approximate surface area is 147 Å². The Bertz CT molecular complexity index is 632. The van der Waals surface area contributed by atoms with Crippen molar-refractivity contribution in [2.24, 2.45) is 11.8 Å². The largest absolute Gasteiger partial charge is 0.485 e. The molecule has 0 saturated heterocycles. The van der Waals surface area contributed by atoms with Gasteiger partial charge >= 0.3 is 5.97 Å². The lowest BCUT2D eigenvalue weighted by atomic mass is 9.78. The summed E-state index contributed by atoms with van der Waals surface area (Å²) in [5.74, 6) is 1.27. The van der Waals surface area contributed by atoms with E-state index >= 15 is 0 Å². The molecule has 1 aromatic rings. The summed E-state index contributed by atoms with van der Waals surface area (Å²) in [6.45, 7) is 4.15. The van der Waals surface area contributed by atoms with Gasteiger partial charge in [0.05, 0.1) is 0 Å². The highest BCUT2D eigenvalue weighted by molar-refractivity contribution is 5.82. The summed E-state index contributed by atoms with van der Waals surface area (Å²) in [6.07, 6.45) is 2.43. The van der Waals surface area contributed by atoms with Crippen LogP contribution in [0.1, 0.15) is 33.1 Å². The minimum atomic E-state index is -0.851. The van der Waals surface area contributed by atoms with Crippen LogP contribution in [0.25, 0.3) is 0 Å². The second kappa shape index (κ2) is 7.76. The van der Waals surface area contributed by atoms with E-state index in [1.165, 1.54) is 6.42 Å². The first-order valence-electron chi connectivity index (χ1n) is 8.89. The van der Waals surface area contributed by atoms with Crippen LogP contribution in [0.15, 0.2) is 24.3 Å². The van der Waals surface area contributed by atoms with E-state index in [0.29, 0.717) is 23.3 Å². The molecule has 6 heteroatoms. The van der Waals surface area contributed by atoms with Gasteiger partial charge in [0.1, 0.15) is 6.61 Å². The number of nitrogens with one attached hydrogen (secondary N) is 1. The van der Waals surface area contributed by atoms with Crippen molar-refractivity contribution in [3.8, 4) is 11.5 Å². The van der Waals surface area contributed by atoms with Crippen LogP contribution < -0.4 is 14.8 Å². The molecule has 1 aliphatic carbocycles. The van der Waals surface area contributed by atoms with Crippen molar-refractivity contribution in [1.82, 2.24) is 5.32 Å². The highest BCUT2D eigenvalue weighted by Crippen LogP contribution is 2.31.